The van der Waals surface area contributed by atoms with Crippen LogP contribution in [0.2, 0.25) is 0 Å². The van der Waals surface area contributed by atoms with Crippen molar-refractivity contribution in [3.63, 3.8) is 0 Å². The Morgan fingerprint density at radius 2 is 2.17 bits per heavy atom. The van der Waals surface area contributed by atoms with Crippen LogP contribution in [0, 0.1) is 11.3 Å². The maximum atomic E-state index is 12.0. The van der Waals surface area contributed by atoms with E-state index in [0.29, 0.717) is 36.6 Å². The Labute approximate surface area is 135 Å². The number of benzene rings is 1. The van der Waals surface area contributed by atoms with Crippen LogP contribution in [-0.2, 0) is 16.6 Å². The minimum atomic E-state index is -3.16. The zero-order chi connectivity index (χ0) is 16.3. The normalized spacial score (nSPS) is 16.0. The van der Waals surface area contributed by atoms with Gasteiger partial charge in [-0.05, 0) is 36.2 Å². The van der Waals surface area contributed by atoms with Crippen molar-refractivity contribution in [2.75, 3.05) is 21.9 Å². The molecule has 0 amide bonds. The molecule has 1 aliphatic heterocycles. The fourth-order valence-electron chi connectivity index (χ4n) is 2.51. The lowest BCUT2D eigenvalue weighted by Gasteiger charge is -2.17. The first-order valence-corrected chi connectivity index (χ1v) is 8.89. The molecule has 6 nitrogen and oxygen atoms in total. The maximum Gasteiger partial charge on any atom is 0.235 e. The smallest absolute Gasteiger partial charge is 0.235 e. The second kappa shape index (κ2) is 6.26. The van der Waals surface area contributed by atoms with Gasteiger partial charge in [0, 0.05) is 19.3 Å². The first kappa shape index (κ1) is 15.3. The number of sulfonamides is 1. The molecule has 0 bridgehead atoms. The summed E-state index contributed by atoms with van der Waals surface area (Å²) in [5.74, 6) is 0.883. The number of hydrogen-bond acceptors (Lipinski definition) is 5. The van der Waals surface area contributed by atoms with E-state index < -0.39 is 10.0 Å². The highest BCUT2D eigenvalue weighted by Gasteiger charge is 2.28. The molecule has 0 saturated carbocycles. The summed E-state index contributed by atoms with van der Waals surface area (Å²) in [6, 6.07) is 12.9. The van der Waals surface area contributed by atoms with Crippen LogP contribution in [-0.4, -0.2) is 25.7 Å². The van der Waals surface area contributed by atoms with Gasteiger partial charge in [0.2, 0.25) is 10.0 Å². The van der Waals surface area contributed by atoms with Crippen LogP contribution in [0.4, 0.5) is 11.5 Å². The Kier molecular flexibility index (Phi) is 4.17. The van der Waals surface area contributed by atoms with Crippen LogP contribution in [0.1, 0.15) is 17.5 Å². The van der Waals surface area contributed by atoms with E-state index in [4.69, 9.17) is 5.26 Å². The zero-order valence-corrected chi connectivity index (χ0v) is 13.3. The molecule has 23 heavy (non-hydrogen) atoms. The molecular formula is C16H16N4O2S. The topological polar surface area (TPSA) is 86.1 Å². The van der Waals surface area contributed by atoms with Crippen molar-refractivity contribution >= 4 is 21.5 Å². The summed E-state index contributed by atoms with van der Waals surface area (Å²) < 4.78 is 25.4. The summed E-state index contributed by atoms with van der Waals surface area (Å²) >= 11 is 0. The SMILES string of the molecule is N#Cc1ccc(NCc2cccc(N3CCCS3(=O)=O)c2)nc1. The van der Waals surface area contributed by atoms with Crippen molar-refractivity contribution in [1.82, 2.24) is 4.98 Å². The second-order valence-corrected chi connectivity index (χ2v) is 7.32. The van der Waals surface area contributed by atoms with E-state index in [9.17, 15) is 8.42 Å². The fraction of sp³-hybridized carbons (Fsp3) is 0.250. The number of aromatic nitrogens is 1. The average Bonchev–Trinajstić information content (AvgIpc) is 2.93. The molecule has 2 aromatic rings. The van der Waals surface area contributed by atoms with E-state index >= 15 is 0 Å². The highest BCUT2D eigenvalue weighted by molar-refractivity contribution is 7.93. The van der Waals surface area contributed by atoms with Crippen LogP contribution >= 0.6 is 0 Å². The first-order chi connectivity index (χ1) is 11.1. The Hall–Kier alpha value is -2.59. The number of anilines is 2. The van der Waals surface area contributed by atoms with Crippen molar-refractivity contribution in [3.05, 3.63) is 53.7 Å². The van der Waals surface area contributed by atoms with Crippen molar-refractivity contribution in [2.45, 2.75) is 13.0 Å². The highest BCUT2D eigenvalue weighted by atomic mass is 32.2. The molecule has 0 aliphatic carbocycles. The minimum Gasteiger partial charge on any atom is -0.366 e. The Balaban J connectivity index is 1.71. The van der Waals surface area contributed by atoms with Gasteiger partial charge in [-0.25, -0.2) is 13.4 Å². The molecule has 1 N–H and O–H groups in total. The van der Waals surface area contributed by atoms with Gasteiger partial charge < -0.3 is 5.32 Å². The molecule has 1 aromatic carbocycles. The molecule has 3 rings (SSSR count). The first-order valence-electron chi connectivity index (χ1n) is 7.28. The van der Waals surface area contributed by atoms with Crippen molar-refractivity contribution in [3.8, 4) is 6.07 Å². The van der Waals surface area contributed by atoms with Crippen molar-refractivity contribution < 1.29 is 8.42 Å². The lowest BCUT2D eigenvalue weighted by atomic mass is 10.2. The lowest BCUT2D eigenvalue weighted by Crippen LogP contribution is -2.25. The van der Waals surface area contributed by atoms with E-state index in [1.807, 2.05) is 30.3 Å². The fourth-order valence-corrected chi connectivity index (χ4v) is 4.06. The number of hydrogen-bond donors (Lipinski definition) is 1. The molecule has 7 heteroatoms. The second-order valence-electron chi connectivity index (χ2n) is 5.31. The molecule has 2 heterocycles. The molecule has 1 fully saturated rings. The van der Waals surface area contributed by atoms with Gasteiger partial charge in [0.15, 0.2) is 0 Å². The highest BCUT2D eigenvalue weighted by Crippen LogP contribution is 2.25. The van der Waals surface area contributed by atoms with E-state index in [1.54, 1.807) is 12.1 Å². The van der Waals surface area contributed by atoms with Crippen LogP contribution in [0.15, 0.2) is 42.6 Å². The standard InChI is InChI=1S/C16H16N4O2S/c17-10-14-5-6-16(19-12-14)18-11-13-3-1-4-15(9-13)20-7-2-8-23(20,21)22/h1,3-6,9,12H,2,7-8,11H2,(H,18,19). The largest absolute Gasteiger partial charge is 0.366 e. The number of nitrogens with zero attached hydrogens (tertiary/aromatic N) is 3. The van der Waals surface area contributed by atoms with E-state index in [0.717, 1.165) is 5.56 Å². The summed E-state index contributed by atoms with van der Waals surface area (Å²) in [6.07, 6.45) is 2.18. The van der Waals surface area contributed by atoms with Crippen molar-refractivity contribution in [2.24, 2.45) is 0 Å². The van der Waals surface area contributed by atoms with Gasteiger partial charge in [0.25, 0.3) is 0 Å². The Morgan fingerprint density at radius 3 is 2.83 bits per heavy atom. The molecule has 1 aromatic heterocycles. The molecule has 0 spiro atoms. The summed E-state index contributed by atoms with van der Waals surface area (Å²) in [7, 11) is -3.16. The van der Waals surface area contributed by atoms with Gasteiger partial charge in [0.1, 0.15) is 11.9 Å². The quantitative estimate of drug-likeness (QED) is 0.929. The molecule has 1 aliphatic rings. The molecule has 118 valence electrons. The van der Waals surface area contributed by atoms with Gasteiger partial charge in [0.05, 0.1) is 17.0 Å². The molecule has 0 unspecified atom stereocenters. The third-order valence-electron chi connectivity index (χ3n) is 3.66. The Morgan fingerprint density at radius 1 is 1.30 bits per heavy atom. The zero-order valence-electron chi connectivity index (χ0n) is 12.4. The monoisotopic (exact) mass is 328 g/mol. The van der Waals surface area contributed by atoms with Gasteiger partial charge in [-0.3, -0.25) is 4.31 Å². The van der Waals surface area contributed by atoms with Crippen LogP contribution < -0.4 is 9.62 Å². The number of pyridine rings is 1. The van der Waals surface area contributed by atoms with Crippen LogP contribution in [0.5, 0.6) is 0 Å². The Bertz CT molecular complexity index is 841. The number of rotatable bonds is 4. The minimum absolute atomic E-state index is 0.213. The summed E-state index contributed by atoms with van der Waals surface area (Å²) in [5.41, 5.74) is 2.18. The molecule has 0 atom stereocenters. The molecular weight excluding hydrogens is 312 g/mol. The summed E-state index contributed by atoms with van der Waals surface area (Å²) in [5, 5.41) is 11.9. The van der Waals surface area contributed by atoms with Crippen LogP contribution in [0.3, 0.4) is 0 Å². The number of nitriles is 1. The third kappa shape index (κ3) is 3.43. The van der Waals surface area contributed by atoms with Gasteiger partial charge in [-0.2, -0.15) is 5.26 Å². The summed E-state index contributed by atoms with van der Waals surface area (Å²) in [4.78, 5) is 4.15. The van der Waals surface area contributed by atoms with E-state index in [1.165, 1.54) is 10.5 Å². The van der Waals surface area contributed by atoms with Gasteiger partial charge >= 0.3 is 0 Å². The lowest BCUT2D eigenvalue weighted by molar-refractivity contribution is 0.599. The predicted molar refractivity (Wildman–Crippen MR) is 88.5 cm³/mol. The molecule has 0 radical (unpaired) electrons. The van der Waals surface area contributed by atoms with E-state index in [2.05, 4.69) is 10.3 Å². The van der Waals surface area contributed by atoms with E-state index in [-0.39, 0.29) is 5.75 Å². The van der Waals surface area contributed by atoms with Gasteiger partial charge in [-0.15, -0.1) is 0 Å². The maximum absolute atomic E-state index is 12.0. The van der Waals surface area contributed by atoms with Gasteiger partial charge in [-0.1, -0.05) is 12.1 Å². The number of nitrogens with one attached hydrogen (secondary N) is 1. The predicted octanol–water partition coefficient (Wildman–Crippen LogP) is 2.11. The van der Waals surface area contributed by atoms with Crippen LogP contribution in [0.25, 0.3) is 0 Å². The average molecular weight is 328 g/mol. The van der Waals surface area contributed by atoms with Crippen molar-refractivity contribution in [1.29, 1.82) is 5.26 Å². The third-order valence-corrected chi connectivity index (χ3v) is 5.53. The molecule has 1 saturated heterocycles. The summed E-state index contributed by atoms with van der Waals surface area (Å²) in [6.45, 7) is 1.07.